The average Bonchev–Trinajstić information content (AvgIpc) is 3.06. The molecule has 0 unspecified atom stereocenters. The van der Waals surface area contributed by atoms with Crippen LogP contribution in [0, 0.1) is 32.1 Å². The molecule has 1 aromatic carbocycles. The number of ether oxygens (including phenoxy) is 1. The van der Waals surface area contributed by atoms with E-state index in [1.807, 2.05) is 63.2 Å². The van der Waals surface area contributed by atoms with Crippen LogP contribution in [0.15, 0.2) is 52.6 Å². The molecular weight excluding hydrogens is 422 g/mol. The lowest BCUT2D eigenvalue weighted by atomic mass is 10.1. The number of aromatic nitrogens is 2. The van der Waals surface area contributed by atoms with Crippen LogP contribution in [0.4, 0.5) is 0 Å². The zero-order valence-electron chi connectivity index (χ0n) is 18.5. The predicted molar refractivity (Wildman–Crippen MR) is 126 cm³/mol. The van der Waals surface area contributed by atoms with Crippen molar-refractivity contribution in [2.75, 3.05) is 12.9 Å². The molecule has 0 atom stereocenters. The van der Waals surface area contributed by atoms with Gasteiger partial charge >= 0.3 is 0 Å². The smallest absolute Gasteiger partial charge is 0.250 e. The summed E-state index contributed by atoms with van der Waals surface area (Å²) < 4.78 is 7.30. The highest BCUT2D eigenvalue weighted by atomic mass is 32.2. The largest absolute Gasteiger partial charge is 0.380 e. The van der Waals surface area contributed by atoms with Gasteiger partial charge in [0.05, 0.1) is 24.1 Å². The van der Waals surface area contributed by atoms with Crippen molar-refractivity contribution >= 4 is 23.9 Å². The lowest BCUT2D eigenvalue weighted by molar-refractivity contribution is -0.118. The lowest BCUT2D eigenvalue weighted by Crippen LogP contribution is -2.20. The van der Waals surface area contributed by atoms with Crippen molar-refractivity contribution in [2.24, 2.45) is 5.10 Å². The van der Waals surface area contributed by atoms with Gasteiger partial charge in [-0.1, -0.05) is 30.0 Å². The van der Waals surface area contributed by atoms with E-state index in [1.165, 1.54) is 11.8 Å². The van der Waals surface area contributed by atoms with E-state index in [-0.39, 0.29) is 11.7 Å². The Morgan fingerprint density at radius 1 is 1.28 bits per heavy atom. The SMILES string of the molecule is COCc1cc(C)nc(SCC(=O)N/N=C/c2cc(C)n(-c3ccccc3)c2C)c1C#N. The number of carbonyl (C=O) groups excluding carboxylic acids is 1. The van der Waals surface area contributed by atoms with E-state index in [9.17, 15) is 10.1 Å². The molecule has 1 N–H and O–H groups in total. The number of amides is 1. The summed E-state index contributed by atoms with van der Waals surface area (Å²) in [6.45, 7) is 6.22. The fourth-order valence-corrected chi connectivity index (χ4v) is 4.30. The topological polar surface area (TPSA) is 92.3 Å². The Hall–Kier alpha value is -3.41. The number of nitrogens with one attached hydrogen (secondary N) is 1. The number of pyridine rings is 1. The highest BCUT2D eigenvalue weighted by molar-refractivity contribution is 8.00. The molecule has 164 valence electrons. The quantitative estimate of drug-likeness (QED) is 0.319. The zero-order valence-corrected chi connectivity index (χ0v) is 19.4. The maximum absolute atomic E-state index is 12.3. The molecule has 0 spiro atoms. The fourth-order valence-electron chi connectivity index (χ4n) is 3.44. The number of nitriles is 1. The highest BCUT2D eigenvalue weighted by Crippen LogP contribution is 2.24. The summed E-state index contributed by atoms with van der Waals surface area (Å²) in [7, 11) is 1.58. The zero-order chi connectivity index (χ0) is 23.1. The Balaban J connectivity index is 1.65. The van der Waals surface area contributed by atoms with E-state index in [4.69, 9.17) is 4.74 Å². The number of thioether (sulfide) groups is 1. The number of hydrogen-bond donors (Lipinski definition) is 1. The molecule has 0 saturated heterocycles. The Labute approximate surface area is 192 Å². The van der Waals surface area contributed by atoms with Gasteiger partial charge in [-0.25, -0.2) is 10.4 Å². The Morgan fingerprint density at radius 2 is 2.03 bits per heavy atom. The second-order valence-electron chi connectivity index (χ2n) is 7.23. The van der Waals surface area contributed by atoms with Crippen LogP contribution in [0.5, 0.6) is 0 Å². The van der Waals surface area contributed by atoms with Gasteiger partial charge < -0.3 is 9.30 Å². The van der Waals surface area contributed by atoms with Gasteiger partial charge in [0.2, 0.25) is 5.91 Å². The van der Waals surface area contributed by atoms with Crippen molar-refractivity contribution in [3.63, 3.8) is 0 Å². The van der Waals surface area contributed by atoms with E-state index in [0.717, 1.165) is 33.9 Å². The van der Waals surface area contributed by atoms with Gasteiger partial charge in [-0.3, -0.25) is 4.79 Å². The first-order valence-corrected chi connectivity index (χ1v) is 11.0. The number of hydrogen-bond acceptors (Lipinski definition) is 6. The van der Waals surface area contributed by atoms with E-state index in [1.54, 1.807) is 13.3 Å². The molecule has 32 heavy (non-hydrogen) atoms. The third-order valence-corrected chi connectivity index (χ3v) is 5.80. The number of aryl methyl sites for hydroxylation is 2. The minimum atomic E-state index is -0.274. The first kappa shape index (κ1) is 23.3. The molecule has 0 aliphatic heterocycles. The minimum Gasteiger partial charge on any atom is -0.380 e. The van der Waals surface area contributed by atoms with Crippen LogP contribution < -0.4 is 5.43 Å². The summed E-state index contributed by atoms with van der Waals surface area (Å²) in [6, 6.07) is 16.1. The lowest BCUT2D eigenvalue weighted by Gasteiger charge is -2.09. The van der Waals surface area contributed by atoms with Gasteiger partial charge in [-0.05, 0) is 50.6 Å². The van der Waals surface area contributed by atoms with Crippen LogP contribution in [0.3, 0.4) is 0 Å². The first-order valence-electron chi connectivity index (χ1n) is 10.0. The standard InChI is InChI=1S/C24H25N5O2S/c1-16-10-20(14-31-4)22(12-25)24(27-16)32-15-23(30)28-26-13-19-11-17(2)29(18(19)3)21-8-6-5-7-9-21/h5-11,13H,14-15H2,1-4H3,(H,28,30)/b26-13+. The molecule has 2 aromatic heterocycles. The molecule has 8 heteroatoms. The van der Waals surface area contributed by atoms with Crippen LogP contribution in [-0.4, -0.2) is 34.5 Å². The molecule has 0 aliphatic rings. The molecule has 2 heterocycles. The summed E-state index contributed by atoms with van der Waals surface area (Å²) in [4.78, 5) is 16.7. The number of nitrogens with zero attached hydrogens (tertiary/aromatic N) is 4. The highest BCUT2D eigenvalue weighted by Gasteiger charge is 2.14. The number of hydrazone groups is 1. The molecular formula is C24H25N5O2S. The molecule has 7 nitrogen and oxygen atoms in total. The van der Waals surface area contributed by atoms with E-state index < -0.39 is 0 Å². The van der Waals surface area contributed by atoms with Crippen LogP contribution in [0.2, 0.25) is 0 Å². The molecule has 0 radical (unpaired) electrons. The normalized spacial score (nSPS) is 11.0. The van der Waals surface area contributed by atoms with Crippen LogP contribution in [0.25, 0.3) is 5.69 Å². The molecule has 0 fully saturated rings. The molecule has 3 aromatic rings. The van der Waals surface area contributed by atoms with Gasteiger partial charge in [-0.15, -0.1) is 0 Å². The molecule has 1 amide bonds. The molecule has 0 saturated carbocycles. The van der Waals surface area contributed by atoms with Gasteiger partial charge in [0.25, 0.3) is 0 Å². The van der Waals surface area contributed by atoms with Gasteiger partial charge in [0.15, 0.2) is 0 Å². The summed E-state index contributed by atoms with van der Waals surface area (Å²) >= 11 is 1.21. The summed E-state index contributed by atoms with van der Waals surface area (Å²) in [5, 5.41) is 14.1. The van der Waals surface area contributed by atoms with E-state index in [2.05, 4.69) is 26.1 Å². The average molecular weight is 448 g/mol. The number of carbonyl (C=O) groups is 1. The van der Waals surface area contributed by atoms with Crippen LogP contribution in [-0.2, 0) is 16.1 Å². The number of rotatable bonds is 8. The van der Waals surface area contributed by atoms with Crippen molar-refractivity contribution in [3.05, 3.63) is 76.2 Å². The van der Waals surface area contributed by atoms with Crippen molar-refractivity contribution in [1.82, 2.24) is 15.0 Å². The minimum absolute atomic E-state index is 0.0952. The predicted octanol–water partition coefficient (Wildman–Crippen LogP) is 4.06. The number of para-hydroxylation sites is 1. The van der Waals surface area contributed by atoms with Crippen molar-refractivity contribution in [1.29, 1.82) is 5.26 Å². The first-order chi connectivity index (χ1) is 15.4. The summed E-state index contributed by atoms with van der Waals surface area (Å²) in [5.41, 5.74) is 8.64. The van der Waals surface area contributed by atoms with E-state index >= 15 is 0 Å². The van der Waals surface area contributed by atoms with E-state index in [0.29, 0.717) is 17.2 Å². The maximum atomic E-state index is 12.3. The number of methoxy groups -OCH3 is 1. The monoisotopic (exact) mass is 447 g/mol. The third kappa shape index (κ3) is 5.44. The second kappa shape index (κ2) is 10.8. The van der Waals surface area contributed by atoms with Crippen LogP contribution >= 0.6 is 11.8 Å². The fraction of sp³-hybridized carbons (Fsp3) is 0.250. The summed E-state index contributed by atoms with van der Waals surface area (Å²) in [6.07, 6.45) is 1.65. The molecule has 3 rings (SSSR count). The molecule has 0 bridgehead atoms. The van der Waals surface area contributed by atoms with Crippen molar-refractivity contribution < 1.29 is 9.53 Å². The second-order valence-corrected chi connectivity index (χ2v) is 8.19. The molecule has 0 aliphatic carbocycles. The van der Waals surface area contributed by atoms with Gasteiger partial charge in [-0.2, -0.15) is 10.4 Å². The van der Waals surface area contributed by atoms with Gasteiger partial charge in [0.1, 0.15) is 11.1 Å². The maximum Gasteiger partial charge on any atom is 0.250 e. The Kier molecular flexibility index (Phi) is 7.82. The summed E-state index contributed by atoms with van der Waals surface area (Å²) in [5.74, 6) is -0.179. The van der Waals surface area contributed by atoms with Crippen LogP contribution in [0.1, 0.15) is 33.8 Å². The Morgan fingerprint density at radius 3 is 2.72 bits per heavy atom. The third-order valence-electron chi connectivity index (χ3n) is 4.83. The van der Waals surface area contributed by atoms with Crippen molar-refractivity contribution in [2.45, 2.75) is 32.4 Å². The van der Waals surface area contributed by atoms with Crippen molar-refractivity contribution in [3.8, 4) is 11.8 Å². The Bertz CT molecular complexity index is 1180. The number of benzene rings is 1. The van der Waals surface area contributed by atoms with Gasteiger partial charge in [0, 0.05) is 35.4 Å².